The summed E-state index contributed by atoms with van der Waals surface area (Å²) in [5.74, 6) is -1.13. The van der Waals surface area contributed by atoms with Gasteiger partial charge in [-0.1, -0.05) is 41.9 Å². The first-order valence-electron chi connectivity index (χ1n) is 11.0. The summed E-state index contributed by atoms with van der Waals surface area (Å²) in [7, 11) is 0. The number of hydrogen-bond acceptors (Lipinski definition) is 2. The van der Waals surface area contributed by atoms with Crippen LogP contribution in [0, 0.1) is 0 Å². The molecule has 0 aromatic heterocycles. The summed E-state index contributed by atoms with van der Waals surface area (Å²) in [4.78, 5) is 25.9. The van der Waals surface area contributed by atoms with Gasteiger partial charge in [-0.3, -0.25) is 9.59 Å². The Hall–Kier alpha value is -2.54. The summed E-state index contributed by atoms with van der Waals surface area (Å²) in [6, 6.07) is 11.0. The van der Waals surface area contributed by atoms with Crippen LogP contribution in [0.5, 0.6) is 0 Å². The quantitative estimate of drug-likeness (QED) is 0.588. The van der Waals surface area contributed by atoms with E-state index in [9.17, 15) is 27.9 Å². The SMILES string of the molecule is O=C(O)CC1CC2(CCN(C(=O)CCc3ccccc3C(F)(F)F)CC2)c2c(Cl)cccc21. The first-order chi connectivity index (χ1) is 15.6. The molecule has 1 heterocycles. The van der Waals surface area contributed by atoms with E-state index < -0.39 is 17.7 Å². The first-order valence-corrected chi connectivity index (χ1v) is 11.4. The summed E-state index contributed by atoms with van der Waals surface area (Å²) in [6.45, 7) is 0.953. The lowest BCUT2D eigenvalue weighted by Gasteiger charge is -2.41. The molecule has 4 rings (SSSR count). The van der Waals surface area contributed by atoms with Crippen molar-refractivity contribution in [1.29, 1.82) is 0 Å². The summed E-state index contributed by atoms with van der Waals surface area (Å²) >= 11 is 6.54. The maximum absolute atomic E-state index is 13.2. The molecule has 1 saturated heterocycles. The molecule has 2 aliphatic rings. The molecule has 1 atom stereocenters. The van der Waals surface area contributed by atoms with Gasteiger partial charge >= 0.3 is 12.1 Å². The smallest absolute Gasteiger partial charge is 0.416 e. The van der Waals surface area contributed by atoms with E-state index in [1.807, 2.05) is 18.2 Å². The number of likely N-dealkylation sites (tertiary alicyclic amines) is 1. The summed E-state index contributed by atoms with van der Waals surface area (Å²) < 4.78 is 39.7. The summed E-state index contributed by atoms with van der Waals surface area (Å²) in [5, 5.41) is 9.97. The molecule has 1 aliphatic heterocycles. The molecule has 1 unspecified atom stereocenters. The number of carbonyl (C=O) groups is 2. The third kappa shape index (κ3) is 4.74. The number of halogens is 4. The molecule has 2 aromatic carbocycles. The van der Waals surface area contributed by atoms with Crippen LogP contribution in [0.15, 0.2) is 42.5 Å². The second-order valence-corrected chi connectivity index (χ2v) is 9.43. The number of aryl methyl sites for hydroxylation is 1. The third-order valence-corrected chi connectivity index (χ3v) is 7.39. The normalized spacial score (nSPS) is 19.5. The zero-order valence-electron chi connectivity index (χ0n) is 18.0. The number of aliphatic carboxylic acids is 1. The number of carboxylic acids is 1. The molecule has 2 aromatic rings. The molecule has 1 amide bonds. The van der Waals surface area contributed by atoms with E-state index in [1.54, 1.807) is 11.0 Å². The highest BCUT2D eigenvalue weighted by atomic mass is 35.5. The van der Waals surface area contributed by atoms with E-state index >= 15 is 0 Å². The van der Waals surface area contributed by atoms with Gasteiger partial charge in [-0.05, 0) is 60.4 Å². The fraction of sp³-hybridized carbons (Fsp3) is 0.440. The van der Waals surface area contributed by atoms with Gasteiger partial charge in [0.05, 0.1) is 12.0 Å². The fourth-order valence-electron chi connectivity index (χ4n) is 5.57. The molecule has 1 aliphatic carbocycles. The van der Waals surface area contributed by atoms with Crippen LogP contribution in [-0.2, 0) is 27.6 Å². The van der Waals surface area contributed by atoms with Crippen molar-refractivity contribution in [2.24, 2.45) is 0 Å². The zero-order chi connectivity index (χ0) is 23.8. The second-order valence-electron chi connectivity index (χ2n) is 9.02. The van der Waals surface area contributed by atoms with Crippen molar-refractivity contribution in [3.05, 3.63) is 69.7 Å². The number of piperidine rings is 1. The predicted octanol–water partition coefficient (Wildman–Crippen LogP) is 5.81. The van der Waals surface area contributed by atoms with Gasteiger partial charge < -0.3 is 10.0 Å². The van der Waals surface area contributed by atoms with Crippen LogP contribution in [0.25, 0.3) is 0 Å². The maximum atomic E-state index is 13.2. The average Bonchev–Trinajstić information content (AvgIpc) is 3.05. The lowest BCUT2D eigenvalue weighted by atomic mass is 9.73. The van der Waals surface area contributed by atoms with Crippen molar-refractivity contribution >= 4 is 23.5 Å². The maximum Gasteiger partial charge on any atom is 0.416 e. The Labute approximate surface area is 195 Å². The molecular formula is C25H25ClF3NO3. The van der Waals surface area contributed by atoms with Gasteiger partial charge in [0.15, 0.2) is 0 Å². The van der Waals surface area contributed by atoms with Crippen LogP contribution >= 0.6 is 11.6 Å². The summed E-state index contributed by atoms with van der Waals surface area (Å²) in [5.41, 5.74) is 1.14. The highest BCUT2D eigenvalue weighted by molar-refractivity contribution is 6.31. The van der Waals surface area contributed by atoms with Crippen molar-refractivity contribution < 1.29 is 27.9 Å². The Kier molecular flexibility index (Phi) is 6.45. The van der Waals surface area contributed by atoms with E-state index in [4.69, 9.17) is 11.6 Å². The van der Waals surface area contributed by atoms with E-state index in [0.717, 1.165) is 17.2 Å². The number of carboxylic acid groups (broad SMARTS) is 1. The minimum absolute atomic E-state index is 0.0130. The zero-order valence-corrected chi connectivity index (χ0v) is 18.8. The van der Waals surface area contributed by atoms with Gasteiger partial charge in [0, 0.05) is 29.9 Å². The van der Waals surface area contributed by atoms with E-state index in [1.165, 1.54) is 12.1 Å². The van der Waals surface area contributed by atoms with Crippen LogP contribution in [0.1, 0.15) is 60.3 Å². The molecule has 1 fully saturated rings. The number of amides is 1. The second kappa shape index (κ2) is 9.01. The highest BCUT2D eigenvalue weighted by Crippen LogP contribution is 2.55. The largest absolute Gasteiger partial charge is 0.481 e. The van der Waals surface area contributed by atoms with Crippen LogP contribution < -0.4 is 0 Å². The van der Waals surface area contributed by atoms with Crippen LogP contribution in [-0.4, -0.2) is 35.0 Å². The molecule has 0 radical (unpaired) electrons. The van der Waals surface area contributed by atoms with E-state index in [0.29, 0.717) is 37.4 Å². The standard InChI is InChI=1S/C25H25ClF3NO3/c26-20-7-3-5-18-17(14-22(32)33)15-24(23(18)20)10-12-30(13-11-24)21(31)9-8-16-4-1-2-6-19(16)25(27,28)29/h1-7,17H,8-15H2,(H,32,33). The van der Waals surface area contributed by atoms with Crippen molar-refractivity contribution in [3.8, 4) is 0 Å². The number of nitrogens with zero attached hydrogens (tertiary/aromatic N) is 1. The minimum Gasteiger partial charge on any atom is -0.481 e. The Morgan fingerprint density at radius 2 is 1.79 bits per heavy atom. The van der Waals surface area contributed by atoms with Crippen molar-refractivity contribution in [2.45, 2.75) is 56.0 Å². The molecule has 0 bridgehead atoms. The molecule has 33 heavy (non-hydrogen) atoms. The van der Waals surface area contributed by atoms with E-state index in [-0.39, 0.29) is 42.1 Å². The summed E-state index contributed by atoms with van der Waals surface area (Å²) in [6.07, 6.45) is -2.37. The molecule has 8 heteroatoms. The molecule has 0 saturated carbocycles. The Morgan fingerprint density at radius 3 is 2.45 bits per heavy atom. The Morgan fingerprint density at radius 1 is 1.09 bits per heavy atom. The molecular weight excluding hydrogens is 455 g/mol. The molecule has 1 spiro atoms. The minimum atomic E-state index is -4.45. The van der Waals surface area contributed by atoms with Crippen LogP contribution in [0.3, 0.4) is 0 Å². The molecule has 4 nitrogen and oxygen atoms in total. The number of benzene rings is 2. The predicted molar refractivity (Wildman–Crippen MR) is 118 cm³/mol. The van der Waals surface area contributed by atoms with Crippen molar-refractivity contribution in [3.63, 3.8) is 0 Å². The van der Waals surface area contributed by atoms with Crippen LogP contribution in [0.4, 0.5) is 13.2 Å². The lowest BCUT2D eigenvalue weighted by molar-refractivity contribution is -0.139. The molecule has 1 N–H and O–H groups in total. The molecule has 176 valence electrons. The van der Waals surface area contributed by atoms with Gasteiger partial charge in [0.1, 0.15) is 0 Å². The first kappa shape index (κ1) is 23.6. The van der Waals surface area contributed by atoms with Gasteiger partial charge in [-0.2, -0.15) is 13.2 Å². The average molecular weight is 480 g/mol. The van der Waals surface area contributed by atoms with Gasteiger partial charge in [0.25, 0.3) is 0 Å². The highest BCUT2D eigenvalue weighted by Gasteiger charge is 2.47. The number of fused-ring (bicyclic) bond motifs is 2. The number of rotatable bonds is 5. The van der Waals surface area contributed by atoms with Gasteiger partial charge in [-0.15, -0.1) is 0 Å². The van der Waals surface area contributed by atoms with Crippen molar-refractivity contribution in [1.82, 2.24) is 4.90 Å². The lowest BCUT2D eigenvalue weighted by Crippen LogP contribution is -2.44. The number of alkyl halides is 3. The van der Waals surface area contributed by atoms with E-state index in [2.05, 4.69) is 0 Å². The number of carbonyl (C=O) groups excluding carboxylic acids is 1. The Bertz CT molecular complexity index is 1060. The fourth-order valence-corrected chi connectivity index (χ4v) is 5.95. The van der Waals surface area contributed by atoms with Crippen molar-refractivity contribution in [2.75, 3.05) is 13.1 Å². The monoisotopic (exact) mass is 479 g/mol. The number of hydrogen-bond donors (Lipinski definition) is 1. The van der Waals surface area contributed by atoms with Crippen LogP contribution in [0.2, 0.25) is 5.02 Å². The Balaban J connectivity index is 1.43. The topological polar surface area (TPSA) is 57.6 Å². The van der Waals surface area contributed by atoms with Gasteiger partial charge in [-0.25, -0.2) is 0 Å². The van der Waals surface area contributed by atoms with Gasteiger partial charge in [0.2, 0.25) is 5.91 Å². The third-order valence-electron chi connectivity index (χ3n) is 7.08.